The average Bonchev–Trinajstić information content (AvgIpc) is 2.34. The Balaban J connectivity index is 2.44. The van der Waals surface area contributed by atoms with Crippen LogP contribution >= 0.6 is 47.8 Å². The van der Waals surface area contributed by atoms with Crippen LogP contribution in [0.25, 0.3) is 0 Å². The van der Waals surface area contributed by atoms with Crippen molar-refractivity contribution in [2.75, 3.05) is 7.11 Å². The van der Waals surface area contributed by atoms with Crippen LogP contribution in [0.15, 0.2) is 43.7 Å². The molecule has 0 saturated heterocycles. The Kier molecular flexibility index (Phi) is 4.76. The molecule has 2 aromatic carbocycles. The van der Waals surface area contributed by atoms with Crippen molar-refractivity contribution in [3.63, 3.8) is 0 Å². The first kappa shape index (κ1) is 14.7. The molecule has 0 spiro atoms. The summed E-state index contributed by atoms with van der Waals surface area (Å²) in [6, 6.07) is 8.75. The Morgan fingerprint density at radius 2 is 1.68 bits per heavy atom. The molecule has 0 aliphatic heterocycles. The number of phenolic OH excluding ortho intramolecular Hbond substituents is 1. The minimum Gasteiger partial charge on any atom is -0.504 e. The molecule has 100 valence electrons. The van der Waals surface area contributed by atoms with Gasteiger partial charge in [0.15, 0.2) is 23.0 Å². The summed E-state index contributed by atoms with van der Waals surface area (Å²) in [5.41, 5.74) is 0. The quantitative estimate of drug-likeness (QED) is 0.670. The molecule has 19 heavy (non-hydrogen) atoms. The molecule has 0 heterocycles. The molecule has 6 heteroatoms. The van der Waals surface area contributed by atoms with Crippen molar-refractivity contribution in [2.24, 2.45) is 0 Å². The highest BCUT2D eigenvalue weighted by Gasteiger charge is 2.13. The third-order valence-corrected chi connectivity index (χ3v) is 3.87. The van der Waals surface area contributed by atoms with Gasteiger partial charge in [-0.2, -0.15) is 0 Å². The van der Waals surface area contributed by atoms with Crippen molar-refractivity contribution in [2.45, 2.75) is 0 Å². The second-order valence-electron chi connectivity index (χ2n) is 3.63. The van der Waals surface area contributed by atoms with Crippen LogP contribution in [0.1, 0.15) is 0 Å². The lowest BCUT2D eigenvalue weighted by atomic mass is 10.3. The van der Waals surface area contributed by atoms with E-state index in [9.17, 15) is 5.11 Å². The van der Waals surface area contributed by atoms with Crippen LogP contribution < -0.4 is 9.47 Å². The van der Waals surface area contributed by atoms with Crippen LogP contribution in [0.3, 0.4) is 0 Å². The number of hydrogen-bond donors (Lipinski definition) is 1. The van der Waals surface area contributed by atoms with Crippen LogP contribution in [-0.2, 0) is 0 Å². The van der Waals surface area contributed by atoms with Gasteiger partial charge in [0.2, 0.25) is 0 Å². The van der Waals surface area contributed by atoms with E-state index in [2.05, 4.69) is 47.8 Å². The summed E-state index contributed by atoms with van der Waals surface area (Å²) in [5.74, 6) is 1.45. The Bertz CT molecular complexity index is 591. The number of hydrogen-bond acceptors (Lipinski definition) is 3. The highest BCUT2D eigenvalue weighted by atomic mass is 79.9. The van der Waals surface area contributed by atoms with E-state index in [1.54, 1.807) is 31.4 Å². The fourth-order valence-electron chi connectivity index (χ4n) is 1.49. The van der Waals surface area contributed by atoms with E-state index in [-0.39, 0.29) is 5.75 Å². The van der Waals surface area contributed by atoms with Gasteiger partial charge in [0.25, 0.3) is 0 Å². The molecule has 2 aromatic rings. The third kappa shape index (κ3) is 3.43. The molecule has 2 rings (SSSR count). The maximum atomic E-state index is 9.93. The first-order chi connectivity index (χ1) is 9.01. The maximum Gasteiger partial charge on any atom is 0.183 e. The van der Waals surface area contributed by atoms with Gasteiger partial charge in [0, 0.05) is 8.95 Å². The Morgan fingerprint density at radius 3 is 2.32 bits per heavy atom. The Hall–Kier alpha value is -0.720. The Morgan fingerprint density at radius 1 is 0.947 bits per heavy atom. The highest BCUT2D eigenvalue weighted by molar-refractivity contribution is 9.11. The lowest BCUT2D eigenvalue weighted by molar-refractivity contribution is 0.365. The molecule has 3 nitrogen and oxygen atoms in total. The summed E-state index contributed by atoms with van der Waals surface area (Å²) >= 11 is 10.0. The number of phenols is 1. The van der Waals surface area contributed by atoms with Crippen LogP contribution in [0.4, 0.5) is 0 Å². The summed E-state index contributed by atoms with van der Waals surface area (Å²) in [6.07, 6.45) is 0. The number of halogens is 3. The van der Waals surface area contributed by atoms with Crippen molar-refractivity contribution in [3.05, 3.63) is 43.7 Å². The van der Waals surface area contributed by atoms with Gasteiger partial charge in [-0.25, -0.2) is 0 Å². The predicted molar refractivity (Wildman–Crippen MR) is 84.3 cm³/mol. The molecule has 0 aliphatic carbocycles. The topological polar surface area (TPSA) is 38.7 Å². The van der Waals surface area contributed by atoms with E-state index < -0.39 is 0 Å². The highest BCUT2D eigenvalue weighted by Crippen LogP contribution is 2.43. The van der Waals surface area contributed by atoms with Crippen molar-refractivity contribution < 1.29 is 14.6 Å². The van der Waals surface area contributed by atoms with Gasteiger partial charge in [0.05, 0.1) is 11.6 Å². The van der Waals surface area contributed by atoms with Crippen LogP contribution in [0, 0.1) is 0 Å². The van der Waals surface area contributed by atoms with Gasteiger partial charge < -0.3 is 14.6 Å². The number of aromatic hydroxyl groups is 1. The van der Waals surface area contributed by atoms with E-state index in [1.807, 2.05) is 6.07 Å². The van der Waals surface area contributed by atoms with Gasteiger partial charge >= 0.3 is 0 Å². The summed E-state index contributed by atoms with van der Waals surface area (Å²) < 4.78 is 13.2. The zero-order chi connectivity index (χ0) is 14.0. The molecule has 0 unspecified atom stereocenters. The number of ether oxygens (including phenoxy) is 2. The molecule has 0 saturated carbocycles. The number of rotatable bonds is 3. The smallest absolute Gasteiger partial charge is 0.183 e. The minimum absolute atomic E-state index is 0.0308. The van der Waals surface area contributed by atoms with E-state index in [4.69, 9.17) is 9.47 Å². The van der Waals surface area contributed by atoms with Crippen LogP contribution in [-0.4, -0.2) is 12.2 Å². The molecule has 0 radical (unpaired) electrons. The maximum absolute atomic E-state index is 9.93. The molecular weight excluding hydrogens is 444 g/mol. The number of methoxy groups -OCH3 is 1. The standard InChI is InChI=1S/C13H9Br3O3/c1-18-11-3-2-7(14)6-12(11)19-13-9(16)4-8(15)5-10(13)17/h2-6,17H,1H3. The zero-order valence-electron chi connectivity index (χ0n) is 9.78. The average molecular weight is 453 g/mol. The molecular formula is C13H9Br3O3. The van der Waals surface area contributed by atoms with Gasteiger partial charge in [-0.1, -0.05) is 31.9 Å². The van der Waals surface area contributed by atoms with Gasteiger partial charge in [-0.3, -0.25) is 0 Å². The molecule has 0 amide bonds. The monoisotopic (exact) mass is 450 g/mol. The fourth-order valence-corrected chi connectivity index (χ4v) is 3.11. The van der Waals surface area contributed by atoms with Gasteiger partial charge in [-0.15, -0.1) is 0 Å². The molecule has 1 N–H and O–H groups in total. The fraction of sp³-hybridized carbons (Fsp3) is 0.0769. The molecule has 0 fully saturated rings. The summed E-state index contributed by atoms with van der Waals surface area (Å²) in [6.45, 7) is 0. The first-order valence-corrected chi connectivity index (χ1v) is 7.58. The van der Waals surface area contributed by atoms with Crippen molar-refractivity contribution in [1.29, 1.82) is 0 Å². The van der Waals surface area contributed by atoms with Crippen molar-refractivity contribution in [1.82, 2.24) is 0 Å². The number of benzene rings is 2. The summed E-state index contributed by atoms with van der Waals surface area (Å²) in [5, 5.41) is 9.93. The second kappa shape index (κ2) is 6.15. The Labute approximate surface area is 135 Å². The predicted octanol–water partition coefficient (Wildman–Crippen LogP) is 5.48. The second-order valence-corrected chi connectivity index (χ2v) is 6.32. The largest absolute Gasteiger partial charge is 0.504 e. The lowest BCUT2D eigenvalue weighted by Crippen LogP contribution is -1.91. The van der Waals surface area contributed by atoms with Gasteiger partial charge in [0.1, 0.15) is 0 Å². The van der Waals surface area contributed by atoms with Crippen LogP contribution in [0.2, 0.25) is 0 Å². The lowest BCUT2D eigenvalue weighted by Gasteiger charge is -2.13. The van der Waals surface area contributed by atoms with E-state index in [0.717, 1.165) is 8.95 Å². The van der Waals surface area contributed by atoms with E-state index >= 15 is 0 Å². The van der Waals surface area contributed by atoms with Crippen molar-refractivity contribution in [3.8, 4) is 23.0 Å². The molecule has 0 atom stereocenters. The normalized spacial score (nSPS) is 10.3. The minimum atomic E-state index is 0.0308. The molecule has 0 aliphatic rings. The summed E-state index contributed by atoms with van der Waals surface area (Å²) in [7, 11) is 1.56. The molecule has 0 aromatic heterocycles. The van der Waals surface area contributed by atoms with Crippen molar-refractivity contribution >= 4 is 47.8 Å². The molecule has 0 bridgehead atoms. The zero-order valence-corrected chi connectivity index (χ0v) is 14.5. The van der Waals surface area contributed by atoms with Gasteiger partial charge in [-0.05, 0) is 46.3 Å². The van der Waals surface area contributed by atoms with E-state index in [1.165, 1.54) is 0 Å². The third-order valence-electron chi connectivity index (χ3n) is 2.33. The SMILES string of the molecule is COc1ccc(Br)cc1Oc1c(O)cc(Br)cc1Br. The van der Waals surface area contributed by atoms with Crippen LogP contribution in [0.5, 0.6) is 23.0 Å². The first-order valence-electron chi connectivity index (χ1n) is 5.20. The van der Waals surface area contributed by atoms with E-state index in [0.29, 0.717) is 21.7 Å². The summed E-state index contributed by atoms with van der Waals surface area (Å²) in [4.78, 5) is 0.